The highest BCUT2D eigenvalue weighted by molar-refractivity contribution is 5.99. The molecule has 2 amide bonds. The molecule has 0 aliphatic carbocycles. The highest BCUT2D eigenvalue weighted by atomic mass is 16.6. The molecule has 0 radical (unpaired) electrons. The molecule has 7 heteroatoms. The Morgan fingerprint density at radius 3 is 2.09 bits per heavy atom. The number of guanidine groups is 1. The Hall–Kier alpha value is -1.79. The van der Waals surface area contributed by atoms with E-state index < -0.39 is 23.7 Å². The number of nitrogens with one attached hydrogen (secondary N) is 3. The van der Waals surface area contributed by atoms with Crippen molar-refractivity contribution in [1.29, 1.82) is 5.41 Å². The van der Waals surface area contributed by atoms with Crippen molar-refractivity contribution < 1.29 is 19.1 Å². The summed E-state index contributed by atoms with van der Waals surface area (Å²) < 4.78 is 9.87. The van der Waals surface area contributed by atoms with Crippen molar-refractivity contribution >= 4 is 18.1 Å². The van der Waals surface area contributed by atoms with Gasteiger partial charge in [0.2, 0.25) is 5.96 Å². The van der Waals surface area contributed by atoms with Gasteiger partial charge in [0, 0.05) is 0 Å². The average Bonchev–Trinajstić information content (AvgIpc) is 2.34. The van der Waals surface area contributed by atoms with E-state index in [2.05, 4.69) is 17.6 Å². The molecule has 0 heterocycles. The molecule has 0 unspecified atom stereocenters. The van der Waals surface area contributed by atoms with E-state index in [1.807, 2.05) is 0 Å². The third kappa shape index (κ3) is 13.2. The summed E-state index contributed by atoms with van der Waals surface area (Å²) in [6, 6.07) is 0. The topological polar surface area (TPSA) is 101 Å². The van der Waals surface area contributed by atoms with Crippen LogP contribution in [-0.4, -0.2) is 30.4 Å². The van der Waals surface area contributed by atoms with Crippen LogP contribution < -0.4 is 10.6 Å². The molecule has 0 aromatic carbocycles. The lowest BCUT2D eigenvalue weighted by atomic mass is 10.1. The lowest BCUT2D eigenvalue weighted by Crippen LogP contribution is -2.45. The number of rotatable bonds is 7. The van der Waals surface area contributed by atoms with Gasteiger partial charge in [-0.3, -0.25) is 16.0 Å². The van der Waals surface area contributed by atoms with Crippen LogP contribution in [0.4, 0.5) is 9.59 Å². The van der Waals surface area contributed by atoms with E-state index in [0.717, 1.165) is 19.3 Å². The van der Waals surface area contributed by atoms with Gasteiger partial charge in [-0.25, -0.2) is 9.59 Å². The second kappa shape index (κ2) is 10.9. The van der Waals surface area contributed by atoms with Gasteiger partial charge in [-0.05, 0) is 27.2 Å². The van der Waals surface area contributed by atoms with Gasteiger partial charge in [0.15, 0.2) is 0 Å². The normalized spacial score (nSPS) is 10.7. The first-order valence-corrected chi connectivity index (χ1v) is 7.77. The predicted octanol–water partition coefficient (Wildman–Crippen LogP) is 3.53. The molecule has 0 rings (SSSR count). The third-order valence-corrected chi connectivity index (χ3v) is 2.58. The Kier molecular flexibility index (Phi) is 9.98. The maximum absolute atomic E-state index is 11.4. The summed E-state index contributed by atoms with van der Waals surface area (Å²) >= 11 is 0. The van der Waals surface area contributed by atoms with Crippen LogP contribution in [-0.2, 0) is 9.47 Å². The fraction of sp³-hybridized carbons (Fsp3) is 0.800. The molecular weight excluding hydrogens is 286 g/mol. The highest BCUT2D eigenvalue weighted by Gasteiger charge is 2.17. The third-order valence-electron chi connectivity index (χ3n) is 2.58. The zero-order chi connectivity index (χ0) is 17.0. The first-order chi connectivity index (χ1) is 10.2. The molecule has 0 atom stereocenters. The zero-order valence-electron chi connectivity index (χ0n) is 14.1. The fourth-order valence-electron chi connectivity index (χ4n) is 1.62. The number of hydrogen-bond donors (Lipinski definition) is 3. The summed E-state index contributed by atoms with van der Waals surface area (Å²) in [6.45, 7) is 7.58. The maximum atomic E-state index is 11.4. The van der Waals surface area contributed by atoms with Gasteiger partial charge in [-0.15, -0.1) is 0 Å². The van der Waals surface area contributed by atoms with Gasteiger partial charge < -0.3 is 9.47 Å². The molecule has 0 saturated carbocycles. The minimum Gasteiger partial charge on any atom is -0.449 e. The van der Waals surface area contributed by atoms with Crippen molar-refractivity contribution in [1.82, 2.24) is 10.6 Å². The molecule has 22 heavy (non-hydrogen) atoms. The first kappa shape index (κ1) is 20.2. The minimum atomic E-state index is -0.797. The molecule has 0 aliphatic heterocycles. The highest BCUT2D eigenvalue weighted by Crippen LogP contribution is 2.06. The van der Waals surface area contributed by atoms with Gasteiger partial charge in [0.1, 0.15) is 5.60 Å². The molecule has 7 nitrogen and oxygen atoms in total. The summed E-state index contributed by atoms with van der Waals surface area (Å²) in [5.74, 6) is -0.470. The number of unbranched alkanes of at least 4 members (excludes halogenated alkanes) is 5. The number of carbonyl (C=O) groups is 2. The van der Waals surface area contributed by atoms with Crippen LogP contribution >= 0.6 is 0 Å². The van der Waals surface area contributed by atoms with Crippen LogP contribution in [0.5, 0.6) is 0 Å². The van der Waals surface area contributed by atoms with Gasteiger partial charge in [0.25, 0.3) is 0 Å². The second-order valence-corrected chi connectivity index (χ2v) is 6.03. The van der Waals surface area contributed by atoms with Crippen molar-refractivity contribution in [2.24, 2.45) is 0 Å². The van der Waals surface area contributed by atoms with Gasteiger partial charge in [-0.2, -0.15) is 0 Å². The maximum Gasteiger partial charge on any atom is 0.414 e. The first-order valence-electron chi connectivity index (χ1n) is 7.77. The van der Waals surface area contributed by atoms with E-state index in [1.54, 1.807) is 20.8 Å². The number of ether oxygens (including phenoxy) is 2. The quantitative estimate of drug-likeness (QED) is 0.380. The van der Waals surface area contributed by atoms with Crippen LogP contribution in [0.1, 0.15) is 66.2 Å². The Labute approximate surface area is 132 Å². The minimum absolute atomic E-state index is 0.303. The van der Waals surface area contributed by atoms with Crippen LogP contribution in [0.25, 0.3) is 0 Å². The molecule has 0 aromatic heterocycles. The average molecular weight is 315 g/mol. The lowest BCUT2D eigenvalue weighted by Gasteiger charge is -2.19. The van der Waals surface area contributed by atoms with Gasteiger partial charge in [-0.1, -0.05) is 39.0 Å². The molecule has 0 aromatic rings. The second-order valence-electron chi connectivity index (χ2n) is 6.03. The Morgan fingerprint density at radius 1 is 0.955 bits per heavy atom. The van der Waals surface area contributed by atoms with E-state index >= 15 is 0 Å². The number of carbonyl (C=O) groups excluding carboxylic acids is 2. The van der Waals surface area contributed by atoms with E-state index in [-0.39, 0.29) is 0 Å². The largest absolute Gasteiger partial charge is 0.449 e. The standard InChI is InChI=1S/C15H29N3O4/c1-5-6-7-8-9-10-11-21-13(19)17-12(16)18-14(20)22-15(2,3)4/h5-11H2,1-4H3,(H3,16,17,18,19,20). The summed E-state index contributed by atoms with van der Waals surface area (Å²) in [5, 5.41) is 11.6. The van der Waals surface area contributed by atoms with Crippen LogP contribution in [0.3, 0.4) is 0 Å². The van der Waals surface area contributed by atoms with Gasteiger partial charge in [0.05, 0.1) is 6.61 Å². The van der Waals surface area contributed by atoms with Crippen LogP contribution in [0.15, 0.2) is 0 Å². The molecular formula is C15H29N3O4. The number of alkyl carbamates (subject to hydrolysis) is 2. The summed E-state index contributed by atoms with van der Waals surface area (Å²) in [7, 11) is 0. The monoisotopic (exact) mass is 315 g/mol. The molecule has 128 valence electrons. The van der Waals surface area contributed by atoms with Crippen molar-refractivity contribution in [3.63, 3.8) is 0 Å². The smallest absolute Gasteiger partial charge is 0.414 e. The Balaban J connectivity index is 3.70. The number of amides is 2. The van der Waals surface area contributed by atoms with Crippen molar-refractivity contribution in [2.45, 2.75) is 71.8 Å². The number of hydrogen-bond acceptors (Lipinski definition) is 5. The zero-order valence-corrected chi connectivity index (χ0v) is 14.1. The predicted molar refractivity (Wildman–Crippen MR) is 85.0 cm³/mol. The van der Waals surface area contributed by atoms with Gasteiger partial charge >= 0.3 is 12.2 Å². The van der Waals surface area contributed by atoms with E-state index in [9.17, 15) is 9.59 Å². The molecule has 3 N–H and O–H groups in total. The molecule has 0 bridgehead atoms. The van der Waals surface area contributed by atoms with E-state index in [1.165, 1.54) is 19.3 Å². The Morgan fingerprint density at radius 2 is 1.50 bits per heavy atom. The summed E-state index contributed by atoms with van der Waals surface area (Å²) in [5.41, 5.74) is -0.664. The van der Waals surface area contributed by atoms with E-state index in [4.69, 9.17) is 14.9 Å². The van der Waals surface area contributed by atoms with E-state index in [0.29, 0.717) is 6.61 Å². The summed E-state index contributed by atoms with van der Waals surface area (Å²) in [4.78, 5) is 22.8. The van der Waals surface area contributed by atoms with Crippen molar-refractivity contribution in [3.8, 4) is 0 Å². The SMILES string of the molecule is CCCCCCCCOC(=O)NC(=N)NC(=O)OC(C)(C)C. The molecule has 0 aliphatic rings. The van der Waals surface area contributed by atoms with Crippen LogP contribution in [0.2, 0.25) is 0 Å². The summed E-state index contributed by atoms with van der Waals surface area (Å²) in [6.07, 6.45) is 5.02. The fourth-order valence-corrected chi connectivity index (χ4v) is 1.62. The molecule has 0 saturated heterocycles. The Bertz CT molecular complexity index is 364. The lowest BCUT2D eigenvalue weighted by molar-refractivity contribution is 0.0561. The molecule has 0 fully saturated rings. The molecule has 0 spiro atoms. The van der Waals surface area contributed by atoms with Crippen LogP contribution in [0, 0.1) is 5.41 Å². The van der Waals surface area contributed by atoms with Crippen molar-refractivity contribution in [2.75, 3.05) is 6.61 Å². The van der Waals surface area contributed by atoms with Crippen molar-refractivity contribution in [3.05, 3.63) is 0 Å².